The molecule has 0 heterocycles. The van der Waals surface area contributed by atoms with Crippen LogP contribution in [0.3, 0.4) is 0 Å². The van der Waals surface area contributed by atoms with E-state index < -0.39 is 5.31 Å². The molecule has 2 rings (SSSR count). The van der Waals surface area contributed by atoms with Gasteiger partial charge in [0.1, 0.15) is 0 Å². The van der Waals surface area contributed by atoms with Crippen molar-refractivity contribution in [2.45, 2.75) is 51.9 Å². The van der Waals surface area contributed by atoms with Gasteiger partial charge in [-0.25, -0.2) is 0 Å². The number of rotatable bonds is 10. The molecule has 0 N–H and O–H groups in total. The molecule has 0 atom stereocenters. The van der Waals surface area contributed by atoms with Crippen molar-refractivity contribution in [3.63, 3.8) is 0 Å². The van der Waals surface area contributed by atoms with Crippen LogP contribution < -0.4 is 0 Å². The summed E-state index contributed by atoms with van der Waals surface area (Å²) in [6.45, 7) is 4.64. The summed E-state index contributed by atoms with van der Waals surface area (Å²) < 4.78 is 0. The van der Waals surface area contributed by atoms with Crippen LogP contribution in [0, 0.1) is 0 Å². The van der Waals surface area contributed by atoms with Crippen molar-refractivity contribution in [2.24, 2.45) is 0 Å². The van der Waals surface area contributed by atoms with E-state index in [0.717, 1.165) is 0 Å². The maximum atomic E-state index is 4.50. The van der Waals surface area contributed by atoms with Crippen molar-refractivity contribution in [1.82, 2.24) is 0 Å². The Labute approximate surface area is 156 Å². The summed E-state index contributed by atoms with van der Waals surface area (Å²) in [7, 11) is 0. The van der Waals surface area contributed by atoms with Crippen molar-refractivity contribution < 1.29 is 0 Å². The molecule has 2 aromatic rings. The molecule has 2 heteroatoms. The Hall–Kier alpha value is -0.650. The van der Waals surface area contributed by atoms with Crippen LogP contribution >= 0.6 is 20.8 Å². The molecule has 0 saturated heterocycles. The SMILES string of the molecule is CCCCP(Br)(CCCC)(Cc1ccccc1)Cc1ccccc1. The second kappa shape index (κ2) is 9.16. The fourth-order valence-corrected chi connectivity index (χ4v) is 12.3. The van der Waals surface area contributed by atoms with E-state index in [4.69, 9.17) is 0 Å². The Morgan fingerprint density at radius 2 is 1.04 bits per heavy atom. The maximum absolute atomic E-state index is 4.50. The van der Waals surface area contributed by atoms with Gasteiger partial charge in [0.15, 0.2) is 0 Å². The molecule has 2 aromatic carbocycles. The van der Waals surface area contributed by atoms with Gasteiger partial charge in [-0.05, 0) is 0 Å². The first-order valence-electron chi connectivity index (χ1n) is 9.38. The Morgan fingerprint density at radius 1 is 0.667 bits per heavy atom. The molecule has 0 aliphatic carbocycles. The van der Waals surface area contributed by atoms with E-state index in [1.165, 1.54) is 61.5 Å². The van der Waals surface area contributed by atoms with Gasteiger partial charge in [0, 0.05) is 0 Å². The van der Waals surface area contributed by atoms with Crippen LogP contribution in [0.2, 0.25) is 0 Å². The summed E-state index contributed by atoms with van der Waals surface area (Å²) in [6, 6.07) is 22.2. The van der Waals surface area contributed by atoms with E-state index in [1.807, 2.05) is 0 Å². The average molecular weight is 407 g/mol. The first kappa shape index (κ1) is 19.7. The van der Waals surface area contributed by atoms with Crippen LogP contribution in [0.5, 0.6) is 0 Å². The molecule has 0 aromatic heterocycles. The summed E-state index contributed by atoms with van der Waals surface area (Å²) >= 11 is 4.50. The predicted molar refractivity (Wildman–Crippen MR) is 116 cm³/mol. The number of hydrogen-bond donors (Lipinski definition) is 0. The summed E-state index contributed by atoms with van der Waals surface area (Å²) in [5.41, 5.74) is 2.99. The molecule has 0 unspecified atom stereocenters. The molecule has 0 fully saturated rings. The zero-order valence-electron chi connectivity index (χ0n) is 15.3. The van der Waals surface area contributed by atoms with E-state index in [9.17, 15) is 0 Å². The molecule has 0 aliphatic heterocycles. The zero-order chi connectivity index (χ0) is 17.3. The van der Waals surface area contributed by atoms with Crippen LogP contribution in [-0.2, 0) is 12.3 Å². The van der Waals surface area contributed by atoms with Gasteiger partial charge < -0.3 is 0 Å². The van der Waals surface area contributed by atoms with Gasteiger partial charge in [0.25, 0.3) is 0 Å². The van der Waals surface area contributed by atoms with Crippen molar-refractivity contribution in [3.8, 4) is 0 Å². The average Bonchev–Trinajstić information content (AvgIpc) is 2.60. The van der Waals surface area contributed by atoms with Gasteiger partial charge >= 0.3 is 157 Å². The monoisotopic (exact) mass is 406 g/mol. The first-order valence-corrected chi connectivity index (χ1v) is 14.4. The molecule has 0 spiro atoms. The summed E-state index contributed by atoms with van der Waals surface area (Å²) in [4.78, 5) is 0. The van der Waals surface area contributed by atoms with Crippen LogP contribution in [0.15, 0.2) is 60.7 Å². The third-order valence-corrected chi connectivity index (χ3v) is 13.8. The van der Waals surface area contributed by atoms with Crippen LogP contribution in [0.25, 0.3) is 0 Å². The van der Waals surface area contributed by atoms with E-state index in [0.29, 0.717) is 0 Å². The van der Waals surface area contributed by atoms with Gasteiger partial charge in [-0.2, -0.15) is 0 Å². The fraction of sp³-hybridized carbons (Fsp3) is 0.455. The summed E-state index contributed by atoms with van der Waals surface area (Å²) in [5, 5.41) is -2.00. The molecule has 0 nitrogen and oxygen atoms in total. The minimum absolute atomic E-state index is 1.22. The van der Waals surface area contributed by atoms with E-state index >= 15 is 0 Å². The van der Waals surface area contributed by atoms with Gasteiger partial charge in [-0.15, -0.1) is 0 Å². The van der Waals surface area contributed by atoms with E-state index in [-0.39, 0.29) is 0 Å². The van der Waals surface area contributed by atoms with Crippen molar-refractivity contribution in [2.75, 3.05) is 12.3 Å². The topological polar surface area (TPSA) is 0 Å². The minimum atomic E-state index is -2.00. The third kappa shape index (κ3) is 5.71. The second-order valence-corrected chi connectivity index (χ2v) is 18.4. The molecule has 0 saturated carbocycles. The van der Waals surface area contributed by atoms with E-state index in [2.05, 4.69) is 90.0 Å². The quantitative estimate of drug-likeness (QED) is 0.352. The summed E-state index contributed by atoms with van der Waals surface area (Å²) in [6.07, 6.45) is 10.4. The van der Waals surface area contributed by atoms with Crippen LogP contribution in [0.4, 0.5) is 0 Å². The Kier molecular flexibility index (Phi) is 7.51. The van der Waals surface area contributed by atoms with Gasteiger partial charge in [-0.1, -0.05) is 0 Å². The van der Waals surface area contributed by atoms with Crippen molar-refractivity contribution in [1.29, 1.82) is 0 Å². The molecular formula is C22H32BrP. The number of hydrogen-bond acceptors (Lipinski definition) is 0. The Balaban J connectivity index is 2.37. The Bertz CT molecular complexity index is 540. The standard InChI is InChI=1S/C22H32BrP/c1-3-5-17-24(23,18-6-4-2,19-21-13-9-7-10-14-21)20-22-15-11-8-12-16-22/h7-16H,3-6,17-20H2,1-2H3. The molecular weight excluding hydrogens is 375 g/mol. The molecule has 0 bridgehead atoms. The van der Waals surface area contributed by atoms with Crippen molar-refractivity contribution in [3.05, 3.63) is 71.8 Å². The second-order valence-electron chi connectivity index (χ2n) is 7.26. The number of halogens is 1. The normalized spacial score (nSPS) is 13.4. The third-order valence-electron chi connectivity index (χ3n) is 4.98. The van der Waals surface area contributed by atoms with Crippen molar-refractivity contribution >= 4 is 20.8 Å². The van der Waals surface area contributed by atoms with E-state index in [1.54, 1.807) is 0 Å². The Morgan fingerprint density at radius 3 is 1.38 bits per heavy atom. The van der Waals surface area contributed by atoms with Gasteiger partial charge in [0.2, 0.25) is 0 Å². The molecule has 132 valence electrons. The number of benzene rings is 2. The molecule has 0 aliphatic rings. The van der Waals surface area contributed by atoms with Gasteiger partial charge in [0.05, 0.1) is 0 Å². The molecule has 0 amide bonds. The van der Waals surface area contributed by atoms with Crippen LogP contribution in [-0.4, -0.2) is 12.3 Å². The first-order chi connectivity index (χ1) is 11.6. The van der Waals surface area contributed by atoms with Gasteiger partial charge in [-0.3, -0.25) is 0 Å². The number of unbranched alkanes of at least 4 members (excludes halogenated alkanes) is 2. The summed E-state index contributed by atoms with van der Waals surface area (Å²) in [5.74, 6) is 0. The van der Waals surface area contributed by atoms with Crippen LogP contribution in [0.1, 0.15) is 50.7 Å². The molecule has 24 heavy (non-hydrogen) atoms. The fourth-order valence-electron chi connectivity index (χ4n) is 3.67. The predicted octanol–water partition coefficient (Wildman–Crippen LogP) is 7.85. The zero-order valence-corrected chi connectivity index (χ0v) is 17.7. The molecule has 0 radical (unpaired) electrons.